The lowest BCUT2D eigenvalue weighted by Crippen LogP contribution is -1.99. The Morgan fingerprint density at radius 2 is 2.12 bits per heavy atom. The molecule has 17 heavy (non-hydrogen) atoms. The highest BCUT2D eigenvalue weighted by molar-refractivity contribution is 5.64. The number of aromatic nitrogens is 2. The summed E-state index contributed by atoms with van der Waals surface area (Å²) >= 11 is 0. The van der Waals surface area contributed by atoms with Gasteiger partial charge in [0, 0.05) is 12.1 Å². The van der Waals surface area contributed by atoms with Gasteiger partial charge in [0.25, 0.3) is 0 Å². The van der Waals surface area contributed by atoms with Crippen molar-refractivity contribution in [3.8, 4) is 11.3 Å². The smallest absolute Gasteiger partial charge is 0.103 e. The summed E-state index contributed by atoms with van der Waals surface area (Å²) in [4.78, 5) is 7.77. The highest BCUT2D eigenvalue weighted by atomic mass is 14.9. The number of benzene rings is 1. The van der Waals surface area contributed by atoms with Crippen LogP contribution in [0.4, 0.5) is 0 Å². The molecule has 0 amide bonds. The van der Waals surface area contributed by atoms with E-state index in [0.29, 0.717) is 6.54 Å². The average molecular weight is 227 g/mol. The zero-order chi connectivity index (χ0) is 11.8. The van der Waals surface area contributed by atoms with Gasteiger partial charge in [0.15, 0.2) is 0 Å². The Bertz CT molecular complexity index is 555. The van der Waals surface area contributed by atoms with E-state index in [1.165, 1.54) is 36.0 Å². The van der Waals surface area contributed by atoms with Crippen LogP contribution in [0.15, 0.2) is 18.2 Å². The predicted molar refractivity (Wildman–Crippen MR) is 68.7 cm³/mol. The van der Waals surface area contributed by atoms with Crippen molar-refractivity contribution in [1.29, 1.82) is 0 Å². The Morgan fingerprint density at radius 3 is 2.94 bits per heavy atom. The van der Waals surface area contributed by atoms with E-state index < -0.39 is 0 Å². The summed E-state index contributed by atoms with van der Waals surface area (Å²) in [7, 11) is 0. The molecular formula is C14H17N3. The monoisotopic (exact) mass is 227 g/mol. The fourth-order valence-electron chi connectivity index (χ4n) is 2.65. The highest BCUT2D eigenvalue weighted by Crippen LogP contribution is 2.28. The van der Waals surface area contributed by atoms with E-state index in [2.05, 4.69) is 28.2 Å². The van der Waals surface area contributed by atoms with Crippen LogP contribution in [0, 0.1) is 6.92 Å². The summed E-state index contributed by atoms with van der Waals surface area (Å²) in [5.41, 5.74) is 11.9. The zero-order valence-electron chi connectivity index (χ0n) is 10.1. The molecule has 1 heterocycles. The van der Waals surface area contributed by atoms with Gasteiger partial charge in [-0.25, -0.2) is 4.98 Å². The molecule has 1 aliphatic rings. The van der Waals surface area contributed by atoms with Crippen LogP contribution in [0.1, 0.15) is 29.1 Å². The van der Waals surface area contributed by atoms with Gasteiger partial charge in [-0.15, -0.1) is 0 Å². The number of hydrogen-bond donors (Lipinski definition) is 2. The largest absolute Gasteiger partial charge is 0.345 e. The Balaban J connectivity index is 2.08. The van der Waals surface area contributed by atoms with Crippen molar-refractivity contribution in [3.05, 3.63) is 40.8 Å². The van der Waals surface area contributed by atoms with E-state index in [4.69, 9.17) is 5.73 Å². The second-order valence-corrected chi connectivity index (χ2v) is 4.69. The van der Waals surface area contributed by atoms with Crippen LogP contribution in [0.25, 0.3) is 11.3 Å². The fourth-order valence-corrected chi connectivity index (χ4v) is 2.65. The maximum Gasteiger partial charge on any atom is 0.103 e. The summed E-state index contributed by atoms with van der Waals surface area (Å²) in [5, 5.41) is 0. The molecule has 0 unspecified atom stereocenters. The molecule has 3 N–H and O–H groups in total. The Labute approximate surface area is 101 Å². The molecule has 0 atom stereocenters. The zero-order valence-corrected chi connectivity index (χ0v) is 10.1. The minimum Gasteiger partial charge on any atom is -0.345 e. The summed E-state index contributed by atoms with van der Waals surface area (Å²) in [5.74, 6) is 0.931. The molecule has 3 heteroatoms. The molecule has 1 aromatic heterocycles. The second kappa shape index (κ2) is 4.00. The molecule has 0 saturated heterocycles. The molecule has 88 valence electrons. The number of fused-ring (bicyclic) bond motifs is 1. The van der Waals surface area contributed by atoms with E-state index in [-0.39, 0.29) is 0 Å². The summed E-state index contributed by atoms with van der Waals surface area (Å²) in [6, 6.07) is 6.68. The summed E-state index contributed by atoms with van der Waals surface area (Å²) in [6.45, 7) is 2.48. The molecule has 3 rings (SSSR count). The highest BCUT2D eigenvalue weighted by Gasteiger charge is 2.14. The third kappa shape index (κ3) is 1.76. The molecule has 0 radical (unpaired) electrons. The Hall–Kier alpha value is -1.61. The summed E-state index contributed by atoms with van der Waals surface area (Å²) in [6.07, 6.45) is 3.70. The molecule has 0 spiro atoms. The molecule has 0 aliphatic heterocycles. The molecular weight excluding hydrogens is 210 g/mol. The molecule has 1 aliphatic carbocycles. The lowest BCUT2D eigenvalue weighted by Gasteiger charge is -2.04. The van der Waals surface area contributed by atoms with Crippen LogP contribution < -0.4 is 5.73 Å². The lowest BCUT2D eigenvalue weighted by molar-refractivity contribution is 0.912. The number of hydrogen-bond acceptors (Lipinski definition) is 2. The Morgan fingerprint density at radius 1 is 1.29 bits per heavy atom. The first-order valence-corrected chi connectivity index (χ1v) is 6.15. The number of nitrogens with two attached hydrogens (primary N) is 1. The number of imidazole rings is 1. The number of nitrogens with one attached hydrogen (secondary N) is 1. The topological polar surface area (TPSA) is 54.7 Å². The van der Waals surface area contributed by atoms with E-state index in [0.717, 1.165) is 17.2 Å². The van der Waals surface area contributed by atoms with Crippen molar-refractivity contribution in [2.24, 2.45) is 5.73 Å². The minimum absolute atomic E-state index is 0.507. The number of rotatable bonds is 2. The van der Waals surface area contributed by atoms with Crippen molar-refractivity contribution in [3.63, 3.8) is 0 Å². The third-order valence-electron chi connectivity index (χ3n) is 3.47. The van der Waals surface area contributed by atoms with Crippen molar-refractivity contribution >= 4 is 0 Å². The van der Waals surface area contributed by atoms with Gasteiger partial charge in [0.05, 0.1) is 11.4 Å². The van der Waals surface area contributed by atoms with Crippen LogP contribution >= 0.6 is 0 Å². The SMILES string of the molecule is Cc1nc(-c2ccc3c(c2)CCC3)c(CN)[nH]1. The van der Waals surface area contributed by atoms with Gasteiger partial charge in [0.2, 0.25) is 0 Å². The fraction of sp³-hybridized carbons (Fsp3) is 0.357. The van der Waals surface area contributed by atoms with Crippen molar-refractivity contribution in [1.82, 2.24) is 9.97 Å². The summed E-state index contributed by atoms with van der Waals surface area (Å²) < 4.78 is 0. The number of aryl methyl sites for hydroxylation is 3. The van der Waals surface area contributed by atoms with E-state index in [1.54, 1.807) is 0 Å². The van der Waals surface area contributed by atoms with E-state index in [1.807, 2.05) is 6.92 Å². The van der Waals surface area contributed by atoms with Crippen molar-refractivity contribution in [2.45, 2.75) is 32.7 Å². The van der Waals surface area contributed by atoms with Crippen molar-refractivity contribution in [2.75, 3.05) is 0 Å². The normalized spacial score (nSPS) is 14.0. The number of H-pyrrole nitrogens is 1. The third-order valence-corrected chi connectivity index (χ3v) is 3.47. The van der Waals surface area contributed by atoms with Crippen LogP contribution in [0.5, 0.6) is 0 Å². The molecule has 3 nitrogen and oxygen atoms in total. The quantitative estimate of drug-likeness (QED) is 0.827. The van der Waals surface area contributed by atoms with Crippen LogP contribution in [0.3, 0.4) is 0 Å². The van der Waals surface area contributed by atoms with Gasteiger partial charge in [-0.1, -0.05) is 12.1 Å². The van der Waals surface area contributed by atoms with Gasteiger partial charge < -0.3 is 10.7 Å². The van der Waals surface area contributed by atoms with Crippen LogP contribution in [-0.2, 0) is 19.4 Å². The van der Waals surface area contributed by atoms with Crippen LogP contribution in [-0.4, -0.2) is 9.97 Å². The second-order valence-electron chi connectivity index (χ2n) is 4.69. The first kappa shape index (κ1) is 10.5. The van der Waals surface area contributed by atoms with Crippen LogP contribution in [0.2, 0.25) is 0 Å². The predicted octanol–water partition coefficient (Wildman–Crippen LogP) is 2.33. The molecule has 0 fully saturated rings. The van der Waals surface area contributed by atoms with Gasteiger partial charge in [0.1, 0.15) is 5.82 Å². The maximum atomic E-state index is 5.74. The molecule has 0 saturated carbocycles. The maximum absolute atomic E-state index is 5.74. The lowest BCUT2D eigenvalue weighted by atomic mass is 10.0. The standard InChI is InChI=1S/C14H17N3/c1-9-16-13(8-15)14(17-9)12-6-5-10-3-2-4-11(10)7-12/h5-7H,2-4,8,15H2,1H3,(H,16,17). The molecule has 1 aromatic carbocycles. The molecule has 2 aromatic rings. The van der Waals surface area contributed by atoms with E-state index >= 15 is 0 Å². The van der Waals surface area contributed by atoms with Gasteiger partial charge in [-0.2, -0.15) is 0 Å². The first-order chi connectivity index (χ1) is 8.28. The first-order valence-electron chi connectivity index (χ1n) is 6.15. The van der Waals surface area contributed by atoms with Gasteiger partial charge in [-0.3, -0.25) is 0 Å². The Kier molecular flexibility index (Phi) is 2.48. The average Bonchev–Trinajstić information content (AvgIpc) is 2.93. The van der Waals surface area contributed by atoms with Gasteiger partial charge in [-0.05, 0) is 43.4 Å². The number of nitrogens with zero attached hydrogens (tertiary/aromatic N) is 1. The van der Waals surface area contributed by atoms with E-state index in [9.17, 15) is 0 Å². The van der Waals surface area contributed by atoms with Gasteiger partial charge >= 0.3 is 0 Å². The van der Waals surface area contributed by atoms with Crippen molar-refractivity contribution < 1.29 is 0 Å². The molecule has 0 bridgehead atoms. The number of aromatic amines is 1. The minimum atomic E-state index is 0.507.